The summed E-state index contributed by atoms with van der Waals surface area (Å²) in [7, 11) is 0. The molecular formula is C13H16ClF2N3. The van der Waals surface area contributed by atoms with Crippen LogP contribution in [0.2, 0.25) is 0 Å². The van der Waals surface area contributed by atoms with Gasteiger partial charge in [0.2, 0.25) is 0 Å². The van der Waals surface area contributed by atoms with E-state index in [0.29, 0.717) is 5.56 Å². The van der Waals surface area contributed by atoms with Crippen LogP contribution in [-0.2, 0) is 6.54 Å². The van der Waals surface area contributed by atoms with E-state index in [-0.39, 0.29) is 25.0 Å². The molecule has 0 fully saturated rings. The van der Waals surface area contributed by atoms with Gasteiger partial charge in [0.1, 0.15) is 17.5 Å². The Morgan fingerprint density at radius 3 is 2.68 bits per heavy atom. The molecule has 104 valence electrons. The Morgan fingerprint density at radius 2 is 2.00 bits per heavy atom. The Labute approximate surface area is 117 Å². The number of anilines is 1. The standard InChI is InChI=1S/C13H15F2N3.ClH/c1-9(2)18-13(5-6-17-18)16-8-10-7-11(14)3-4-12(10)15;/h3-7,9,16H,8H2,1-2H3;1H. The van der Waals surface area contributed by atoms with Gasteiger partial charge >= 0.3 is 0 Å². The molecule has 0 saturated carbocycles. The maximum absolute atomic E-state index is 13.4. The lowest BCUT2D eigenvalue weighted by Crippen LogP contribution is -2.10. The number of benzene rings is 1. The van der Waals surface area contributed by atoms with Gasteiger partial charge in [-0.2, -0.15) is 5.10 Å². The largest absolute Gasteiger partial charge is 0.366 e. The first kappa shape index (κ1) is 15.4. The first-order valence-electron chi connectivity index (χ1n) is 5.79. The van der Waals surface area contributed by atoms with Gasteiger partial charge in [-0.1, -0.05) is 0 Å². The number of nitrogens with zero attached hydrogens (tertiary/aromatic N) is 2. The monoisotopic (exact) mass is 287 g/mol. The minimum absolute atomic E-state index is 0. The zero-order valence-electron chi connectivity index (χ0n) is 10.7. The average Bonchev–Trinajstić information content (AvgIpc) is 2.79. The molecule has 3 nitrogen and oxygen atoms in total. The zero-order valence-corrected chi connectivity index (χ0v) is 11.5. The molecule has 0 amide bonds. The molecule has 0 atom stereocenters. The molecule has 2 rings (SSSR count). The molecule has 2 aromatic rings. The summed E-state index contributed by atoms with van der Waals surface area (Å²) in [6, 6.07) is 5.44. The van der Waals surface area contributed by atoms with Crippen LogP contribution < -0.4 is 5.32 Å². The first-order valence-corrected chi connectivity index (χ1v) is 5.79. The van der Waals surface area contributed by atoms with Crippen LogP contribution in [0.5, 0.6) is 0 Å². The third-order valence-corrected chi connectivity index (χ3v) is 2.63. The van der Waals surface area contributed by atoms with Crippen LogP contribution in [0.3, 0.4) is 0 Å². The van der Waals surface area contributed by atoms with Gasteiger partial charge in [-0.15, -0.1) is 12.4 Å². The topological polar surface area (TPSA) is 29.9 Å². The molecule has 0 aliphatic rings. The van der Waals surface area contributed by atoms with Crippen molar-refractivity contribution >= 4 is 18.2 Å². The molecule has 0 radical (unpaired) electrons. The Morgan fingerprint density at radius 1 is 1.26 bits per heavy atom. The summed E-state index contributed by atoms with van der Waals surface area (Å²) in [5.74, 6) is -0.0706. The summed E-state index contributed by atoms with van der Waals surface area (Å²) in [6.45, 7) is 4.23. The fourth-order valence-electron chi connectivity index (χ4n) is 1.73. The highest BCUT2D eigenvalue weighted by Gasteiger charge is 2.07. The van der Waals surface area contributed by atoms with E-state index in [1.807, 2.05) is 13.8 Å². The van der Waals surface area contributed by atoms with Crippen molar-refractivity contribution in [2.45, 2.75) is 26.4 Å². The number of nitrogens with one attached hydrogen (secondary N) is 1. The molecule has 19 heavy (non-hydrogen) atoms. The van der Waals surface area contributed by atoms with Crippen LogP contribution in [0.15, 0.2) is 30.5 Å². The molecule has 0 spiro atoms. The summed E-state index contributed by atoms with van der Waals surface area (Å²) in [5, 5.41) is 7.21. The van der Waals surface area contributed by atoms with Crippen LogP contribution in [0.1, 0.15) is 25.5 Å². The minimum atomic E-state index is -0.439. The summed E-state index contributed by atoms with van der Waals surface area (Å²) < 4.78 is 28.2. The second-order valence-electron chi connectivity index (χ2n) is 4.34. The van der Waals surface area contributed by atoms with E-state index in [1.54, 1.807) is 16.9 Å². The van der Waals surface area contributed by atoms with Crippen molar-refractivity contribution in [2.24, 2.45) is 0 Å². The smallest absolute Gasteiger partial charge is 0.128 e. The number of halogens is 3. The van der Waals surface area contributed by atoms with Crippen LogP contribution in [0.4, 0.5) is 14.6 Å². The van der Waals surface area contributed by atoms with E-state index in [1.165, 1.54) is 6.07 Å². The molecule has 0 aliphatic carbocycles. The summed E-state index contributed by atoms with van der Waals surface area (Å²) in [6.07, 6.45) is 1.67. The van der Waals surface area contributed by atoms with Gasteiger partial charge in [0.05, 0.1) is 6.20 Å². The molecule has 0 aliphatic heterocycles. The van der Waals surface area contributed by atoms with Crippen molar-refractivity contribution in [2.75, 3.05) is 5.32 Å². The van der Waals surface area contributed by atoms with E-state index in [0.717, 1.165) is 18.0 Å². The number of aromatic nitrogens is 2. The molecule has 0 unspecified atom stereocenters. The van der Waals surface area contributed by atoms with E-state index in [4.69, 9.17) is 0 Å². The highest BCUT2D eigenvalue weighted by atomic mass is 35.5. The molecule has 1 heterocycles. The third kappa shape index (κ3) is 3.67. The lowest BCUT2D eigenvalue weighted by molar-refractivity contribution is 0.536. The van der Waals surface area contributed by atoms with Gasteiger partial charge in [-0.25, -0.2) is 13.5 Å². The third-order valence-electron chi connectivity index (χ3n) is 2.63. The molecule has 0 saturated heterocycles. The zero-order chi connectivity index (χ0) is 13.1. The van der Waals surface area contributed by atoms with Crippen molar-refractivity contribution in [1.29, 1.82) is 0 Å². The molecule has 6 heteroatoms. The van der Waals surface area contributed by atoms with Crippen molar-refractivity contribution in [3.8, 4) is 0 Å². The van der Waals surface area contributed by atoms with Crippen LogP contribution in [0, 0.1) is 11.6 Å². The summed E-state index contributed by atoms with van der Waals surface area (Å²) >= 11 is 0. The van der Waals surface area contributed by atoms with Crippen LogP contribution in [-0.4, -0.2) is 9.78 Å². The second kappa shape index (κ2) is 6.52. The number of hydrogen-bond donors (Lipinski definition) is 1. The van der Waals surface area contributed by atoms with Gasteiger partial charge in [0, 0.05) is 24.2 Å². The Bertz CT molecular complexity index is 540. The Kier molecular flexibility index (Phi) is 5.30. The fraction of sp³-hybridized carbons (Fsp3) is 0.308. The predicted octanol–water partition coefficient (Wildman–Crippen LogP) is 3.78. The van der Waals surface area contributed by atoms with Crippen molar-refractivity contribution in [3.05, 3.63) is 47.7 Å². The van der Waals surface area contributed by atoms with E-state index >= 15 is 0 Å². The van der Waals surface area contributed by atoms with E-state index in [9.17, 15) is 8.78 Å². The highest BCUT2D eigenvalue weighted by Crippen LogP contribution is 2.16. The minimum Gasteiger partial charge on any atom is -0.366 e. The number of rotatable bonds is 4. The molecule has 1 N–H and O–H groups in total. The molecule has 0 bridgehead atoms. The quantitative estimate of drug-likeness (QED) is 0.927. The van der Waals surface area contributed by atoms with Gasteiger partial charge in [0.15, 0.2) is 0 Å². The lowest BCUT2D eigenvalue weighted by atomic mass is 10.2. The maximum atomic E-state index is 13.4. The summed E-state index contributed by atoms with van der Waals surface area (Å²) in [4.78, 5) is 0. The van der Waals surface area contributed by atoms with Crippen molar-refractivity contribution in [1.82, 2.24) is 9.78 Å². The molecule has 1 aromatic heterocycles. The SMILES string of the molecule is CC(C)n1nccc1NCc1cc(F)ccc1F.Cl. The first-order chi connectivity index (χ1) is 8.58. The number of hydrogen-bond acceptors (Lipinski definition) is 2. The normalized spacial score (nSPS) is 10.4. The Hall–Kier alpha value is -1.62. The van der Waals surface area contributed by atoms with Gasteiger partial charge in [0.25, 0.3) is 0 Å². The molecule has 1 aromatic carbocycles. The predicted molar refractivity (Wildman–Crippen MR) is 73.5 cm³/mol. The average molecular weight is 288 g/mol. The van der Waals surface area contributed by atoms with Gasteiger partial charge in [-0.05, 0) is 32.0 Å². The second-order valence-corrected chi connectivity index (χ2v) is 4.34. The van der Waals surface area contributed by atoms with Crippen LogP contribution in [0.25, 0.3) is 0 Å². The highest BCUT2D eigenvalue weighted by molar-refractivity contribution is 5.85. The van der Waals surface area contributed by atoms with Crippen molar-refractivity contribution in [3.63, 3.8) is 0 Å². The van der Waals surface area contributed by atoms with Gasteiger partial charge in [-0.3, -0.25) is 0 Å². The Balaban J connectivity index is 0.00000180. The lowest BCUT2D eigenvalue weighted by Gasteiger charge is -2.13. The van der Waals surface area contributed by atoms with Gasteiger partial charge < -0.3 is 5.32 Å². The van der Waals surface area contributed by atoms with E-state index < -0.39 is 11.6 Å². The fourth-order valence-corrected chi connectivity index (χ4v) is 1.73. The molecular weight excluding hydrogens is 272 g/mol. The van der Waals surface area contributed by atoms with Crippen molar-refractivity contribution < 1.29 is 8.78 Å². The maximum Gasteiger partial charge on any atom is 0.128 e. The summed E-state index contributed by atoms with van der Waals surface area (Å²) in [5.41, 5.74) is 0.298. The van der Waals surface area contributed by atoms with E-state index in [2.05, 4.69) is 10.4 Å². The van der Waals surface area contributed by atoms with Crippen LogP contribution >= 0.6 is 12.4 Å².